The molecule has 0 saturated heterocycles. The minimum atomic E-state index is 0.875. The smallest absolute Gasteiger partial charge is 0.156 e. The quantitative estimate of drug-likeness (QED) is 0.177. The van der Waals surface area contributed by atoms with Crippen molar-refractivity contribution in [1.82, 2.24) is 35.5 Å². The first-order valence-electron chi connectivity index (χ1n) is 14.2. The topological polar surface area (TPSA) is 84.3 Å². The van der Waals surface area contributed by atoms with E-state index >= 15 is 0 Å². The van der Waals surface area contributed by atoms with Crippen LogP contribution in [0, 0.1) is 13.8 Å². The van der Waals surface area contributed by atoms with E-state index in [2.05, 4.69) is 94.0 Å². The van der Waals surface area contributed by atoms with Gasteiger partial charge in [0.25, 0.3) is 0 Å². The summed E-state index contributed by atoms with van der Waals surface area (Å²) in [5.74, 6) is 0.913. The fourth-order valence-electron chi connectivity index (χ4n) is 5.35. The highest BCUT2D eigenvalue weighted by atomic mass is 15.5. The average molecular weight is 522 g/mol. The molecule has 0 fully saturated rings. The van der Waals surface area contributed by atoms with Gasteiger partial charge in [-0.3, -0.25) is 4.98 Å². The van der Waals surface area contributed by atoms with Gasteiger partial charge in [0.15, 0.2) is 5.82 Å². The lowest BCUT2D eigenvalue weighted by Gasteiger charge is -2.10. The zero-order valence-electron chi connectivity index (χ0n) is 23.4. The number of pyridine rings is 1. The van der Waals surface area contributed by atoms with E-state index in [1.807, 2.05) is 23.1 Å². The van der Waals surface area contributed by atoms with Gasteiger partial charge in [-0.05, 0) is 123 Å². The summed E-state index contributed by atoms with van der Waals surface area (Å²) in [5, 5.41) is 17.5. The summed E-state index contributed by atoms with van der Waals surface area (Å²) >= 11 is 0. The van der Waals surface area contributed by atoms with E-state index in [1.165, 1.54) is 38.9 Å². The number of aromatic amines is 1. The van der Waals surface area contributed by atoms with Crippen molar-refractivity contribution in [3.63, 3.8) is 0 Å². The number of rotatable bonds is 13. The molecule has 2 aromatic carbocycles. The normalized spacial score (nSPS) is 11.5. The van der Waals surface area contributed by atoms with Crippen LogP contribution in [0.1, 0.15) is 60.7 Å². The number of H-pyrrole nitrogens is 1. The first-order chi connectivity index (χ1) is 19.1. The molecule has 0 aliphatic heterocycles. The molecule has 7 heteroatoms. The number of aromatic nitrogens is 6. The Morgan fingerprint density at radius 1 is 0.897 bits per heavy atom. The third kappa shape index (κ3) is 6.60. The molecule has 3 aromatic heterocycles. The Kier molecular flexibility index (Phi) is 8.78. The average Bonchev–Trinajstić information content (AvgIpc) is 3.56. The highest BCUT2D eigenvalue weighted by Gasteiger charge is 2.16. The number of nitrogens with one attached hydrogen (secondary N) is 2. The number of tetrazole rings is 1. The van der Waals surface area contributed by atoms with Crippen molar-refractivity contribution in [2.75, 3.05) is 13.1 Å². The van der Waals surface area contributed by atoms with E-state index < -0.39 is 0 Å². The second-order valence-electron chi connectivity index (χ2n) is 10.5. The van der Waals surface area contributed by atoms with E-state index in [0.29, 0.717) is 0 Å². The monoisotopic (exact) mass is 521 g/mol. The van der Waals surface area contributed by atoms with Crippen molar-refractivity contribution in [2.24, 2.45) is 0 Å². The summed E-state index contributed by atoms with van der Waals surface area (Å²) in [6.45, 7) is 8.46. The Morgan fingerprint density at radius 3 is 2.56 bits per heavy atom. The van der Waals surface area contributed by atoms with Crippen LogP contribution in [0.15, 0.2) is 60.9 Å². The van der Waals surface area contributed by atoms with E-state index in [4.69, 9.17) is 0 Å². The molecule has 3 heterocycles. The lowest BCUT2D eigenvalue weighted by molar-refractivity contribution is 0.623. The van der Waals surface area contributed by atoms with E-state index in [0.717, 1.165) is 75.1 Å². The Morgan fingerprint density at radius 2 is 1.77 bits per heavy atom. The third-order valence-electron chi connectivity index (χ3n) is 7.28. The molecular formula is C32H39N7. The second-order valence-corrected chi connectivity index (χ2v) is 10.5. The van der Waals surface area contributed by atoms with Crippen LogP contribution in [-0.4, -0.2) is 43.3 Å². The molecule has 0 radical (unpaired) electrons. The molecule has 0 aliphatic carbocycles. The van der Waals surface area contributed by atoms with Gasteiger partial charge in [0, 0.05) is 35.4 Å². The summed E-state index contributed by atoms with van der Waals surface area (Å²) in [4.78, 5) is 7.96. The van der Waals surface area contributed by atoms with Gasteiger partial charge >= 0.3 is 0 Å². The maximum Gasteiger partial charge on any atom is 0.156 e. The van der Waals surface area contributed by atoms with Gasteiger partial charge in [0.2, 0.25) is 0 Å². The zero-order chi connectivity index (χ0) is 27.0. The molecule has 39 heavy (non-hydrogen) atoms. The highest BCUT2D eigenvalue weighted by Crippen LogP contribution is 2.33. The van der Waals surface area contributed by atoms with Crippen LogP contribution >= 0.6 is 0 Å². The van der Waals surface area contributed by atoms with Crippen molar-refractivity contribution in [3.8, 4) is 16.9 Å². The molecule has 0 aliphatic rings. The maximum atomic E-state index is 4.32. The largest absolute Gasteiger partial charge is 0.354 e. The van der Waals surface area contributed by atoms with Gasteiger partial charge in [-0.25, -0.2) is 0 Å². The Hall–Kier alpha value is -3.84. The molecule has 5 aromatic rings. The summed E-state index contributed by atoms with van der Waals surface area (Å²) in [6.07, 6.45) is 11.2. The second kappa shape index (κ2) is 12.8. The molecule has 0 spiro atoms. The molecule has 0 saturated carbocycles. The standard InChI is InChI=1S/C32H39N7/c1-4-5-11-31-36-37-38-39(31)27-12-13-30-29(21-27)28(32(35-30)26-19-23(2)18-24(3)20-26)14-17-33-15-7-6-9-25-10-8-16-34-22-25/h8,10,12-13,16,18-22,33,35H,4-7,9,11,14-15,17H2,1-3H3. The molecular weight excluding hydrogens is 482 g/mol. The molecule has 5 rings (SSSR count). The molecule has 2 N–H and O–H groups in total. The van der Waals surface area contributed by atoms with Crippen LogP contribution in [0.2, 0.25) is 0 Å². The highest BCUT2D eigenvalue weighted by molar-refractivity contribution is 5.92. The van der Waals surface area contributed by atoms with E-state index in [1.54, 1.807) is 0 Å². The Balaban J connectivity index is 1.36. The van der Waals surface area contributed by atoms with Crippen molar-refractivity contribution in [2.45, 2.75) is 65.7 Å². The van der Waals surface area contributed by atoms with Crippen LogP contribution in [0.5, 0.6) is 0 Å². The molecule has 0 unspecified atom stereocenters. The van der Waals surface area contributed by atoms with Crippen molar-refractivity contribution < 1.29 is 0 Å². The van der Waals surface area contributed by atoms with Gasteiger partial charge in [-0.15, -0.1) is 5.10 Å². The fraction of sp³-hybridized carbons (Fsp3) is 0.375. The van der Waals surface area contributed by atoms with Crippen LogP contribution < -0.4 is 5.32 Å². The van der Waals surface area contributed by atoms with Crippen LogP contribution in [0.3, 0.4) is 0 Å². The summed E-state index contributed by atoms with van der Waals surface area (Å²) in [5.41, 5.74) is 9.79. The van der Waals surface area contributed by atoms with Gasteiger partial charge in [0.1, 0.15) is 0 Å². The fourth-order valence-corrected chi connectivity index (χ4v) is 5.35. The first kappa shape index (κ1) is 26.8. The van der Waals surface area contributed by atoms with Gasteiger partial charge < -0.3 is 10.3 Å². The van der Waals surface area contributed by atoms with Crippen LogP contribution in [-0.2, 0) is 19.3 Å². The number of nitrogens with zero attached hydrogens (tertiary/aromatic N) is 5. The lowest BCUT2D eigenvalue weighted by atomic mass is 9.99. The van der Waals surface area contributed by atoms with Crippen molar-refractivity contribution in [3.05, 3.63) is 89.0 Å². The lowest BCUT2D eigenvalue weighted by Crippen LogP contribution is -2.18. The SMILES string of the molecule is CCCCc1nnnn1-c1ccc2[nH]c(-c3cc(C)cc(C)c3)c(CCNCCCCc3cccnc3)c2c1. The molecule has 0 atom stereocenters. The Bertz CT molecular complexity index is 1480. The van der Waals surface area contributed by atoms with E-state index in [9.17, 15) is 0 Å². The van der Waals surface area contributed by atoms with E-state index in [-0.39, 0.29) is 0 Å². The first-order valence-corrected chi connectivity index (χ1v) is 14.2. The van der Waals surface area contributed by atoms with Crippen LogP contribution in [0.4, 0.5) is 0 Å². The molecule has 7 nitrogen and oxygen atoms in total. The third-order valence-corrected chi connectivity index (χ3v) is 7.28. The predicted octanol–water partition coefficient (Wildman–Crippen LogP) is 6.32. The number of aryl methyl sites for hydroxylation is 4. The van der Waals surface area contributed by atoms with Gasteiger partial charge in [-0.1, -0.05) is 36.6 Å². The van der Waals surface area contributed by atoms with Crippen LogP contribution in [0.25, 0.3) is 27.8 Å². The predicted molar refractivity (Wildman–Crippen MR) is 158 cm³/mol. The minimum absolute atomic E-state index is 0.875. The number of fused-ring (bicyclic) bond motifs is 1. The maximum absolute atomic E-state index is 4.32. The number of unbranched alkanes of at least 4 members (excludes halogenated alkanes) is 2. The number of hydrogen-bond acceptors (Lipinski definition) is 5. The van der Waals surface area contributed by atoms with Crippen molar-refractivity contribution >= 4 is 10.9 Å². The van der Waals surface area contributed by atoms with Gasteiger partial charge in [-0.2, -0.15) is 4.68 Å². The summed E-state index contributed by atoms with van der Waals surface area (Å²) in [6, 6.07) is 17.5. The van der Waals surface area contributed by atoms with Gasteiger partial charge in [0.05, 0.1) is 5.69 Å². The summed E-state index contributed by atoms with van der Waals surface area (Å²) < 4.78 is 1.89. The molecule has 0 bridgehead atoms. The van der Waals surface area contributed by atoms with Crippen molar-refractivity contribution in [1.29, 1.82) is 0 Å². The summed E-state index contributed by atoms with van der Waals surface area (Å²) in [7, 11) is 0. The molecule has 202 valence electrons. The Labute approximate surface area is 231 Å². The number of benzene rings is 2. The molecule has 0 amide bonds. The number of hydrogen-bond donors (Lipinski definition) is 2. The minimum Gasteiger partial charge on any atom is -0.354 e. The zero-order valence-corrected chi connectivity index (χ0v) is 23.4.